The number of hydrogen-bond donors (Lipinski definition) is 2. The Kier molecular flexibility index (Phi) is 16.6. The standard InChI is InChI=1S/C53H80F2N2O4/c1-6-7-8-9-10-13-18-23-47(58)60-39-32-44-42(45(54)34-39)31-38-25-24-36(26-29-53(44,5)49(38)57)21-16-12-11-14-19-27-51(2,3)50(59)61-40-33-43-41(46(55)35-40)30-37-22-17-15-20-28-52(43,4)48(37)56/h32-38,48-49H,6-31,56-57H2,1-5H3/t36?,37-,38-,48-,49-,52+,53+/m0/s1. The summed E-state index contributed by atoms with van der Waals surface area (Å²) in [6, 6.07) is 6.58. The fraction of sp³-hybridized carbons (Fsp3) is 0.736. The number of esters is 2. The molecule has 4 aliphatic carbocycles. The van der Waals surface area contributed by atoms with Crippen molar-refractivity contribution < 1.29 is 27.8 Å². The molecule has 2 aromatic carbocycles. The van der Waals surface area contributed by atoms with Crippen molar-refractivity contribution in [1.82, 2.24) is 0 Å². The lowest BCUT2D eigenvalue weighted by Crippen LogP contribution is -2.53. The summed E-state index contributed by atoms with van der Waals surface area (Å²) in [5, 5.41) is 0. The summed E-state index contributed by atoms with van der Waals surface area (Å²) < 4.78 is 43.0. The molecule has 2 saturated carbocycles. The van der Waals surface area contributed by atoms with Crippen LogP contribution in [-0.2, 0) is 33.3 Å². The van der Waals surface area contributed by atoms with Crippen molar-refractivity contribution in [3.8, 4) is 11.5 Å². The molecule has 2 aromatic rings. The van der Waals surface area contributed by atoms with Gasteiger partial charge >= 0.3 is 11.9 Å². The average Bonchev–Trinajstić information content (AvgIpc) is 3.21. The maximum atomic E-state index is 15.7. The normalized spacial score (nSPS) is 27.5. The van der Waals surface area contributed by atoms with Crippen LogP contribution in [0.25, 0.3) is 0 Å². The number of unbranched alkanes of at least 4 members (excludes halogenated alkanes) is 10. The molecule has 61 heavy (non-hydrogen) atoms. The van der Waals surface area contributed by atoms with Gasteiger partial charge in [-0.2, -0.15) is 0 Å². The molecule has 8 heteroatoms. The molecule has 0 radical (unpaired) electrons. The Morgan fingerprint density at radius 2 is 1.23 bits per heavy atom. The van der Waals surface area contributed by atoms with Gasteiger partial charge in [0.15, 0.2) is 0 Å². The first kappa shape index (κ1) is 47.6. The maximum absolute atomic E-state index is 15.7. The highest BCUT2D eigenvalue weighted by Gasteiger charge is 2.47. The fourth-order valence-electron chi connectivity index (χ4n) is 11.9. The third-order valence-electron chi connectivity index (χ3n) is 16.2. The Bertz CT molecular complexity index is 1800. The van der Waals surface area contributed by atoms with Gasteiger partial charge in [-0.3, -0.25) is 9.59 Å². The molecule has 2 fully saturated rings. The Labute approximate surface area is 367 Å². The lowest BCUT2D eigenvalue weighted by molar-refractivity contribution is -0.144. The van der Waals surface area contributed by atoms with Gasteiger partial charge in [-0.05, 0) is 124 Å². The first-order chi connectivity index (χ1) is 29.2. The summed E-state index contributed by atoms with van der Waals surface area (Å²) in [7, 11) is 0. The SMILES string of the molecule is CCCCCCCCCC(=O)Oc1cc(F)c2c(c1)[C@@]1(C)CCC(CCCCCCCC(C)(C)C(=O)Oc3cc(F)c4c(c3)[C@@]3(C)CCCCC[C@@H](C4)[C@@H]3N)CC[C@@H](C2)[C@@H]1N. The molecule has 340 valence electrons. The van der Waals surface area contributed by atoms with Crippen molar-refractivity contribution in [2.45, 2.75) is 224 Å². The van der Waals surface area contributed by atoms with Gasteiger partial charge < -0.3 is 20.9 Å². The summed E-state index contributed by atoms with van der Waals surface area (Å²) in [6.45, 7) is 10.5. The fourth-order valence-corrected chi connectivity index (χ4v) is 11.9. The lowest BCUT2D eigenvalue weighted by Gasteiger charge is -2.48. The van der Waals surface area contributed by atoms with Gasteiger partial charge in [0.05, 0.1) is 5.41 Å². The molecule has 6 nitrogen and oxygen atoms in total. The third kappa shape index (κ3) is 11.5. The monoisotopic (exact) mass is 847 g/mol. The van der Waals surface area contributed by atoms with Gasteiger partial charge in [0.1, 0.15) is 23.1 Å². The van der Waals surface area contributed by atoms with Crippen molar-refractivity contribution in [2.24, 2.45) is 34.6 Å². The zero-order valence-corrected chi connectivity index (χ0v) is 38.6. The summed E-state index contributed by atoms with van der Waals surface area (Å²) >= 11 is 0. The Morgan fingerprint density at radius 3 is 1.89 bits per heavy atom. The van der Waals surface area contributed by atoms with E-state index in [0.717, 1.165) is 119 Å². The van der Waals surface area contributed by atoms with Crippen LogP contribution in [0.5, 0.6) is 11.5 Å². The van der Waals surface area contributed by atoms with Crippen LogP contribution in [-0.4, -0.2) is 24.0 Å². The summed E-state index contributed by atoms with van der Waals surface area (Å²) in [5.41, 5.74) is 15.9. The van der Waals surface area contributed by atoms with Gasteiger partial charge in [0.25, 0.3) is 0 Å². The second-order valence-electron chi connectivity index (χ2n) is 21.2. The molecular formula is C53H80F2N2O4. The summed E-state index contributed by atoms with van der Waals surface area (Å²) in [6.07, 6.45) is 26.3. The van der Waals surface area contributed by atoms with E-state index in [2.05, 4.69) is 20.8 Å². The number of hydrogen-bond acceptors (Lipinski definition) is 6. The molecule has 0 spiro atoms. The summed E-state index contributed by atoms with van der Waals surface area (Å²) in [4.78, 5) is 26.2. The highest BCUT2D eigenvalue weighted by Crippen LogP contribution is 2.50. The van der Waals surface area contributed by atoms with E-state index in [9.17, 15) is 9.59 Å². The van der Waals surface area contributed by atoms with Crippen molar-refractivity contribution in [1.29, 1.82) is 0 Å². The Morgan fingerprint density at radius 1 is 0.672 bits per heavy atom. The molecule has 0 heterocycles. The van der Waals surface area contributed by atoms with E-state index in [1.807, 2.05) is 26.0 Å². The highest BCUT2D eigenvalue weighted by atomic mass is 19.1. The van der Waals surface area contributed by atoms with Crippen LogP contribution < -0.4 is 20.9 Å². The topological polar surface area (TPSA) is 105 Å². The van der Waals surface area contributed by atoms with E-state index in [-0.39, 0.29) is 58.3 Å². The largest absolute Gasteiger partial charge is 0.426 e. The van der Waals surface area contributed by atoms with Crippen LogP contribution >= 0.6 is 0 Å². The lowest BCUT2D eigenvalue weighted by atomic mass is 9.58. The Hall–Kier alpha value is -2.84. The minimum atomic E-state index is -0.677. The van der Waals surface area contributed by atoms with Gasteiger partial charge in [-0.1, -0.05) is 124 Å². The highest BCUT2D eigenvalue weighted by molar-refractivity contribution is 5.78. The van der Waals surface area contributed by atoms with Crippen molar-refractivity contribution >= 4 is 11.9 Å². The van der Waals surface area contributed by atoms with E-state index >= 15 is 8.78 Å². The molecule has 4 aliphatic rings. The quantitative estimate of drug-likeness (QED) is 0.0829. The van der Waals surface area contributed by atoms with E-state index in [1.165, 1.54) is 57.1 Å². The minimum absolute atomic E-state index is 0.0235. The Balaban J connectivity index is 0.937. The maximum Gasteiger partial charge on any atom is 0.316 e. The zero-order chi connectivity index (χ0) is 43.8. The van der Waals surface area contributed by atoms with Crippen molar-refractivity contribution in [3.05, 3.63) is 58.2 Å². The molecule has 0 saturated heterocycles. The van der Waals surface area contributed by atoms with E-state index in [4.69, 9.17) is 20.9 Å². The number of rotatable bonds is 19. The van der Waals surface area contributed by atoms with Crippen LogP contribution in [0.1, 0.15) is 211 Å². The second-order valence-corrected chi connectivity index (χ2v) is 21.2. The van der Waals surface area contributed by atoms with Crippen molar-refractivity contribution in [3.63, 3.8) is 0 Å². The van der Waals surface area contributed by atoms with Gasteiger partial charge in [0.2, 0.25) is 0 Å². The number of halogens is 2. The number of carbonyl (C=O) groups excluding carboxylic acids is 2. The van der Waals surface area contributed by atoms with Gasteiger partial charge in [0, 0.05) is 41.5 Å². The second kappa shape index (κ2) is 21.2. The number of nitrogens with two attached hydrogens (primary N) is 2. The number of carbonyl (C=O) groups is 2. The van der Waals surface area contributed by atoms with Crippen LogP contribution in [0.4, 0.5) is 8.78 Å². The van der Waals surface area contributed by atoms with Crippen LogP contribution in [0.15, 0.2) is 24.3 Å². The first-order valence-electron chi connectivity index (χ1n) is 24.8. The van der Waals surface area contributed by atoms with Crippen LogP contribution in [0.2, 0.25) is 0 Å². The molecule has 4 N–H and O–H groups in total. The van der Waals surface area contributed by atoms with Crippen LogP contribution in [0, 0.1) is 34.8 Å². The van der Waals surface area contributed by atoms with E-state index < -0.39 is 5.41 Å². The molecule has 0 amide bonds. The van der Waals surface area contributed by atoms with E-state index in [0.29, 0.717) is 43.1 Å². The van der Waals surface area contributed by atoms with Crippen molar-refractivity contribution in [2.75, 3.05) is 0 Å². The number of benzene rings is 2. The predicted molar refractivity (Wildman–Crippen MR) is 243 cm³/mol. The van der Waals surface area contributed by atoms with E-state index in [1.54, 1.807) is 0 Å². The average molecular weight is 847 g/mol. The zero-order valence-electron chi connectivity index (χ0n) is 38.6. The molecule has 1 unspecified atom stereocenters. The molecule has 4 bridgehead atoms. The summed E-state index contributed by atoms with van der Waals surface area (Å²) in [5.74, 6) is 0.604. The smallest absolute Gasteiger partial charge is 0.316 e. The minimum Gasteiger partial charge on any atom is -0.426 e. The van der Waals surface area contributed by atoms with Gasteiger partial charge in [-0.15, -0.1) is 0 Å². The van der Waals surface area contributed by atoms with Crippen LogP contribution in [0.3, 0.4) is 0 Å². The first-order valence-corrected chi connectivity index (χ1v) is 24.8. The molecule has 7 atom stereocenters. The molecular weight excluding hydrogens is 767 g/mol. The third-order valence-corrected chi connectivity index (χ3v) is 16.2. The number of fused-ring (bicyclic) bond motifs is 8. The molecule has 0 aliphatic heterocycles. The molecule has 0 aromatic heterocycles. The number of ether oxygens (including phenoxy) is 2. The molecule has 6 rings (SSSR count). The van der Waals surface area contributed by atoms with Gasteiger partial charge in [-0.25, -0.2) is 8.78 Å². The predicted octanol–water partition coefficient (Wildman–Crippen LogP) is 13.0.